The van der Waals surface area contributed by atoms with Gasteiger partial charge in [-0.2, -0.15) is 19.9 Å². The maximum Gasteiger partial charge on any atom is 0.519 e. The van der Waals surface area contributed by atoms with E-state index < -0.39 is 131 Å². The van der Waals surface area contributed by atoms with Gasteiger partial charge in [0, 0.05) is 56.2 Å². The number of amides is 2. The lowest BCUT2D eigenvalue weighted by Gasteiger charge is -2.20. The number of nitrogens with zero attached hydrogens (tertiary/aromatic N) is 14. The van der Waals surface area contributed by atoms with Crippen molar-refractivity contribution in [3.8, 4) is 11.5 Å². The smallest absolute Gasteiger partial charge is 0.395 e. The molecular weight excluding hydrogens is 1450 g/mol. The lowest BCUT2D eigenvalue weighted by Crippen LogP contribution is -2.49. The van der Waals surface area contributed by atoms with Crippen LogP contribution in [-0.4, -0.2) is 223 Å². The minimum atomic E-state index is -1.44. The Labute approximate surface area is 592 Å². The van der Waals surface area contributed by atoms with Crippen molar-refractivity contribution in [3.05, 3.63) is 135 Å². The number of halogens is 2. The van der Waals surface area contributed by atoms with Gasteiger partial charge in [0.15, 0.2) is 57.1 Å². The van der Waals surface area contributed by atoms with E-state index in [2.05, 4.69) is 70.4 Å². The summed E-state index contributed by atoms with van der Waals surface area (Å²) < 4.78 is 38.1. The van der Waals surface area contributed by atoms with Crippen LogP contribution in [0.2, 0.25) is 0 Å². The lowest BCUT2D eigenvalue weighted by atomic mass is 10.1. The number of aromatic nitrogens is 16. The van der Waals surface area contributed by atoms with Crippen LogP contribution in [0.5, 0.6) is 11.5 Å². The molecule has 10 aromatic rings. The van der Waals surface area contributed by atoms with E-state index in [-0.39, 0.29) is 123 Å². The van der Waals surface area contributed by atoms with E-state index in [9.17, 15) is 74.5 Å². The summed E-state index contributed by atoms with van der Waals surface area (Å²) in [5, 5.41) is 86.4. The van der Waals surface area contributed by atoms with Crippen molar-refractivity contribution >= 4 is 115 Å². The molecule has 12 heterocycles. The third-order valence-electron chi connectivity index (χ3n) is 16.0. The number of carbonyl (C=O) groups is 2. The molecule has 0 radical (unpaired) electrons. The molecule has 0 unspecified atom stereocenters. The van der Waals surface area contributed by atoms with E-state index in [0.29, 0.717) is 12.1 Å². The maximum absolute atomic E-state index is 12.7. The first kappa shape index (κ1) is 76.1. The van der Waals surface area contributed by atoms with Gasteiger partial charge in [-0.15, -0.1) is 23.2 Å². The predicted molar refractivity (Wildman–Crippen MR) is 360 cm³/mol. The number of nitrogens with one attached hydrogen (secondary N) is 6. The van der Waals surface area contributed by atoms with Crippen molar-refractivity contribution < 1.29 is 78.5 Å². The number of hydrogen-bond acceptors (Lipinski definition) is 36. The summed E-state index contributed by atoms with van der Waals surface area (Å²) in [5.74, 6) is -0.196. The van der Waals surface area contributed by atoms with Crippen molar-refractivity contribution in [1.82, 2.24) is 88.7 Å². The van der Waals surface area contributed by atoms with E-state index in [1.807, 2.05) is 0 Å². The number of H-pyrrole nitrogens is 4. The van der Waals surface area contributed by atoms with Crippen LogP contribution < -0.4 is 76.7 Å². The molecule has 0 bridgehead atoms. The minimum Gasteiger partial charge on any atom is -0.395 e. The van der Waals surface area contributed by atoms with Gasteiger partial charge < -0.3 is 104 Å². The number of fused-ring (bicyclic) bond motifs is 4. The van der Waals surface area contributed by atoms with Crippen molar-refractivity contribution in [2.45, 2.75) is 98.7 Å². The largest absolute Gasteiger partial charge is 0.519 e. The zero-order valence-electron chi connectivity index (χ0n) is 53.7. The van der Waals surface area contributed by atoms with Gasteiger partial charge in [-0.05, 0) is 24.3 Å². The van der Waals surface area contributed by atoms with Crippen molar-refractivity contribution in [1.29, 1.82) is 0 Å². The first-order valence-corrected chi connectivity index (χ1v) is 31.7. The molecule has 2 amide bonds. The number of hydrogen-bond donors (Lipinski definition) is 18. The first-order valence-electron chi connectivity index (χ1n) is 30.6. The van der Waals surface area contributed by atoms with E-state index in [4.69, 9.17) is 91.1 Å². The Morgan fingerprint density at radius 3 is 1.27 bits per heavy atom. The molecule has 0 aliphatic carbocycles. The van der Waals surface area contributed by atoms with Gasteiger partial charge in [-0.25, -0.2) is 29.5 Å². The van der Waals surface area contributed by atoms with Crippen LogP contribution in [0.15, 0.2) is 93.0 Å². The van der Waals surface area contributed by atoms with E-state index >= 15 is 0 Å². The molecule has 4 aliphatic rings. The van der Waals surface area contributed by atoms with Crippen LogP contribution in [0.25, 0.3) is 44.7 Å². The fourth-order valence-corrected chi connectivity index (χ4v) is 11.1. The second-order valence-electron chi connectivity index (χ2n) is 22.7. The number of nitro groups is 2. The van der Waals surface area contributed by atoms with Crippen molar-refractivity contribution in [3.63, 3.8) is 0 Å². The lowest BCUT2D eigenvalue weighted by molar-refractivity contribution is -0.385. The summed E-state index contributed by atoms with van der Waals surface area (Å²) in [6.07, 6.45) is -6.37. The number of nitrogen functional groups attached to an aromatic ring is 4. The Bertz CT molecular complexity index is 4950. The van der Waals surface area contributed by atoms with Crippen LogP contribution in [0.1, 0.15) is 37.8 Å². The topological polar surface area (TPSA) is 732 Å². The number of aromatic amines is 4. The minimum absolute atomic E-state index is 0.0141. The maximum atomic E-state index is 12.7. The quantitative estimate of drug-likeness (QED) is 0.0163. The van der Waals surface area contributed by atoms with E-state index in [1.54, 1.807) is 4.57 Å². The van der Waals surface area contributed by atoms with Crippen molar-refractivity contribution in [2.24, 2.45) is 11.5 Å². The molecule has 14 rings (SSSR count). The number of rotatable bonds is 14. The highest BCUT2D eigenvalue weighted by Gasteiger charge is 2.46. The number of nitro benzene ring substituents is 2. The molecule has 24 N–H and O–H groups in total. The van der Waals surface area contributed by atoms with Crippen LogP contribution in [0.3, 0.4) is 0 Å². The van der Waals surface area contributed by atoms with Gasteiger partial charge in [0.2, 0.25) is 23.8 Å². The number of urea groups is 1. The molecule has 8 aromatic heterocycles. The highest BCUT2D eigenvalue weighted by Crippen LogP contribution is 2.35. The zero-order chi connectivity index (χ0) is 75.8. The zero-order valence-corrected chi connectivity index (χ0v) is 55.2. The van der Waals surface area contributed by atoms with Gasteiger partial charge in [0.1, 0.15) is 66.7 Å². The average Bonchev–Trinajstić information content (AvgIpc) is 1.66. The Kier molecular flexibility index (Phi) is 23.8. The second-order valence-corrected chi connectivity index (χ2v) is 23.5. The SMILES string of the molecule is ClCCl.NC[C@H]1O[C@@H](n2cnc3c(=O)[nH]c(N)nc32)[C@H](O)[C@@H]1O.Nc1nc2c(ncn2[C@@H]2O[C@H](CNC(=O)N[C@H]3C[C@H](n4cnc5c(=O)[nH]c(N)nc54)O[C@@H]3CO)[C@@H](O)[C@H]2O)c(=O)[nH]1.Nc1nc2c(ncn2[C@H]2C[C@H](N)[C@@H](CO)O2)c(=O)[nH]1.O=C(Oc1ccc([N+](=O)[O-])cc1)Oc1ccc([N+](=O)[O-])cc1. The molecule has 4 fully saturated rings. The molecule has 560 valence electrons. The summed E-state index contributed by atoms with van der Waals surface area (Å²) >= 11 is 9.53. The number of aliphatic hydroxyl groups is 6. The normalized spacial score (nSPS) is 23.8. The number of nitrogens with two attached hydrogens (primary N) is 6. The molecule has 48 nitrogen and oxygen atoms in total. The van der Waals surface area contributed by atoms with Crippen LogP contribution >= 0.6 is 23.2 Å². The van der Waals surface area contributed by atoms with Crippen LogP contribution in [-0.2, 0) is 18.9 Å². The summed E-state index contributed by atoms with van der Waals surface area (Å²) in [6, 6.07) is 8.10. The summed E-state index contributed by atoms with van der Waals surface area (Å²) in [5.41, 5.74) is 32.3. The van der Waals surface area contributed by atoms with E-state index in [1.165, 1.54) is 87.5 Å². The third-order valence-corrected chi connectivity index (χ3v) is 16.0. The molecule has 50 heteroatoms. The van der Waals surface area contributed by atoms with Gasteiger partial charge in [0.05, 0.1) is 65.9 Å². The molecule has 4 saturated heterocycles. The van der Waals surface area contributed by atoms with Crippen LogP contribution in [0.4, 0.5) is 44.8 Å². The van der Waals surface area contributed by atoms with Gasteiger partial charge in [-0.3, -0.25) is 77.6 Å². The fraction of sp³-hybridized carbons (Fsp3) is 0.382. The monoisotopic (exact) mass is 1510 g/mol. The Morgan fingerprint density at radius 1 is 0.552 bits per heavy atom. The van der Waals surface area contributed by atoms with Crippen LogP contribution in [0, 0.1) is 20.2 Å². The van der Waals surface area contributed by atoms with E-state index in [0.717, 1.165) is 0 Å². The van der Waals surface area contributed by atoms with Gasteiger partial charge >= 0.3 is 12.2 Å². The van der Waals surface area contributed by atoms with Gasteiger partial charge in [0.25, 0.3) is 33.6 Å². The summed E-state index contributed by atoms with van der Waals surface area (Å²) in [4.78, 5) is 133. The Morgan fingerprint density at radius 2 is 0.905 bits per heavy atom. The van der Waals surface area contributed by atoms with Gasteiger partial charge in [-0.1, -0.05) is 0 Å². The Balaban J connectivity index is 0.000000157. The number of anilines is 4. The highest BCUT2D eigenvalue weighted by atomic mass is 35.5. The summed E-state index contributed by atoms with van der Waals surface area (Å²) in [7, 11) is 0. The van der Waals surface area contributed by atoms with Crippen molar-refractivity contribution in [2.75, 3.05) is 54.6 Å². The molecule has 4 aliphatic heterocycles. The highest BCUT2D eigenvalue weighted by molar-refractivity contribution is 6.40. The molecule has 2 aromatic carbocycles. The number of alkyl halides is 2. The fourth-order valence-electron chi connectivity index (χ4n) is 11.1. The number of imidazole rings is 4. The standard InChI is InChI=1S/C21H26N12O8.C13H8N2O7.C10H14N6O4.C10H14N6O3.CH2Cl2/c22-19-28-14-10(16(37)30-19)25-4-32(14)9-1-6(8(3-34)40-9)27-21(39)24-2-7-12(35)13(36)18(41-7)33-5-26-11-15(33)29-20(23)31-17(11)38;16-13(21-11-5-1-9(2-6-11)14(17)18)22-12-7-3-10(4-8-12)15(19)20;11-1-3-5(17)6(18)9(20-3)16-2-13-4-7(16)14-10(12)15-8(4)19;11-4-1-6(19-5(4)2-17)16-3-13-7-8(16)14-10(12)15-9(7)18;2-1-3/h4-9,12-13,18,34-36H,1-3H2,(H2,24,27,39)(H3,22,28,30,37)(H3,23,29,31,38);1-8H;2-3,5-6,9,17-18H,1,11H2,(H3,12,14,15,19);3-6,17H,1-2,11H2,(H3,12,14,15,18);1H2/t6-,7+,8+,9+,12+,13+,18+;;3-,5-,6-,9-;4-,5+,6+;/m0.10./s1. The number of aliphatic hydroxyl groups excluding tert-OH is 6. The third kappa shape index (κ3) is 16.9. The summed E-state index contributed by atoms with van der Waals surface area (Å²) in [6.45, 7) is -0.719. The molecule has 0 spiro atoms. The Hall–Kier alpha value is -11.5. The number of carbonyl (C=O) groups excluding carboxylic acids is 2. The molecule has 105 heavy (non-hydrogen) atoms. The predicted octanol–water partition coefficient (Wildman–Crippen LogP) is -3.93. The number of benzene rings is 2. The molecule has 14 atom stereocenters. The second kappa shape index (κ2) is 32.9. The molecule has 0 saturated carbocycles. The molecular formula is C55H64Cl2N26O22. The number of non-ortho nitro benzene ring substituents is 2. The number of ether oxygens (including phenoxy) is 6. The average molecular weight is 1510 g/mol. The first-order chi connectivity index (χ1) is 50.1.